The van der Waals surface area contributed by atoms with Crippen LogP contribution in [0.25, 0.3) is 0 Å². The van der Waals surface area contributed by atoms with E-state index in [1.165, 1.54) is 4.88 Å². The summed E-state index contributed by atoms with van der Waals surface area (Å²) in [6.45, 7) is 4.28. The molecule has 2 aliphatic rings. The van der Waals surface area contributed by atoms with Gasteiger partial charge in [0.05, 0.1) is 23.5 Å². The number of fused-ring (bicyclic) bond motifs is 1. The fourth-order valence-electron chi connectivity index (χ4n) is 3.36. The van der Waals surface area contributed by atoms with Gasteiger partial charge in [0.1, 0.15) is 0 Å². The Balaban J connectivity index is 1.34. The Bertz CT molecular complexity index is 508. The number of rotatable bonds is 6. The lowest BCUT2D eigenvalue weighted by Gasteiger charge is -2.31. The van der Waals surface area contributed by atoms with Crippen LogP contribution in [0.2, 0.25) is 4.34 Å². The number of nitrogens with zero attached hydrogens (tertiary/aromatic N) is 1. The molecular formula is C16H23ClN2O2S. The summed E-state index contributed by atoms with van der Waals surface area (Å²) in [6.07, 6.45) is 4.10. The Morgan fingerprint density at radius 1 is 1.41 bits per heavy atom. The van der Waals surface area contributed by atoms with Gasteiger partial charge in [-0.1, -0.05) is 11.6 Å². The van der Waals surface area contributed by atoms with Crippen molar-refractivity contribution >= 4 is 28.8 Å². The van der Waals surface area contributed by atoms with E-state index in [-0.39, 0.29) is 11.8 Å². The third-order valence-corrected chi connectivity index (χ3v) is 5.88. The van der Waals surface area contributed by atoms with Crippen LogP contribution in [0, 0.1) is 5.92 Å². The van der Waals surface area contributed by atoms with E-state index in [0.717, 1.165) is 56.3 Å². The number of amides is 1. The van der Waals surface area contributed by atoms with E-state index in [2.05, 4.69) is 16.3 Å². The molecule has 122 valence electrons. The average Bonchev–Trinajstić information content (AvgIpc) is 3.13. The molecule has 0 aliphatic carbocycles. The smallest absolute Gasteiger partial charge is 0.224 e. The van der Waals surface area contributed by atoms with Crippen LogP contribution in [0.15, 0.2) is 12.1 Å². The molecule has 4 nitrogen and oxygen atoms in total. The van der Waals surface area contributed by atoms with E-state index < -0.39 is 0 Å². The lowest BCUT2D eigenvalue weighted by molar-refractivity contribution is -0.127. The van der Waals surface area contributed by atoms with Crippen molar-refractivity contribution in [3.8, 4) is 0 Å². The number of nitrogens with one attached hydrogen (secondary N) is 1. The Kier molecular flexibility index (Phi) is 5.74. The second-order valence-electron chi connectivity index (χ2n) is 6.03. The molecule has 3 heterocycles. The third kappa shape index (κ3) is 4.02. The SMILES string of the molecule is O=C(NCCCCc1ccc(Cl)s1)C1CCN2CCOCC12. The zero-order valence-electron chi connectivity index (χ0n) is 12.7. The van der Waals surface area contributed by atoms with Crippen molar-refractivity contribution in [3.63, 3.8) is 0 Å². The Hall–Kier alpha value is -0.620. The first-order chi connectivity index (χ1) is 10.7. The van der Waals surface area contributed by atoms with E-state index in [9.17, 15) is 4.79 Å². The fraction of sp³-hybridized carbons (Fsp3) is 0.688. The molecule has 0 saturated carbocycles. The molecule has 1 aromatic heterocycles. The molecule has 1 aromatic rings. The van der Waals surface area contributed by atoms with Crippen LogP contribution in [-0.4, -0.2) is 49.7 Å². The number of hydrogen-bond donors (Lipinski definition) is 1. The minimum Gasteiger partial charge on any atom is -0.378 e. The van der Waals surface area contributed by atoms with Crippen LogP contribution in [0.5, 0.6) is 0 Å². The number of aryl methyl sites for hydroxylation is 1. The van der Waals surface area contributed by atoms with Crippen molar-refractivity contribution in [1.29, 1.82) is 0 Å². The largest absolute Gasteiger partial charge is 0.378 e. The number of hydrogen-bond acceptors (Lipinski definition) is 4. The Morgan fingerprint density at radius 3 is 3.14 bits per heavy atom. The Morgan fingerprint density at radius 2 is 2.32 bits per heavy atom. The number of ether oxygens (including phenoxy) is 1. The van der Waals surface area contributed by atoms with E-state index in [0.29, 0.717) is 12.6 Å². The summed E-state index contributed by atoms with van der Waals surface area (Å²) in [5.41, 5.74) is 0. The molecule has 2 unspecified atom stereocenters. The highest BCUT2D eigenvalue weighted by atomic mass is 35.5. The number of morpholine rings is 1. The zero-order chi connectivity index (χ0) is 15.4. The molecule has 1 amide bonds. The van der Waals surface area contributed by atoms with Gasteiger partial charge in [-0.25, -0.2) is 0 Å². The van der Waals surface area contributed by atoms with Gasteiger partial charge in [0, 0.05) is 24.0 Å². The van der Waals surface area contributed by atoms with Gasteiger partial charge in [-0.05, 0) is 44.4 Å². The monoisotopic (exact) mass is 342 g/mol. The number of halogens is 1. The summed E-state index contributed by atoms with van der Waals surface area (Å²) < 4.78 is 6.38. The molecule has 6 heteroatoms. The molecule has 22 heavy (non-hydrogen) atoms. The molecule has 0 aromatic carbocycles. The van der Waals surface area contributed by atoms with Gasteiger partial charge < -0.3 is 10.1 Å². The summed E-state index contributed by atoms with van der Waals surface area (Å²) in [6, 6.07) is 4.32. The molecule has 2 saturated heterocycles. The molecule has 2 fully saturated rings. The quantitative estimate of drug-likeness (QED) is 0.808. The summed E-state index contributed by atoms with van der Waals surface area (Å²) in [4.78, 5) is 16.0. The standard InChI is InChI=1S/C16H23ClN2O2S/c17-15-5-4-12(22-15)3-1-2-7-18-16(20)13-6-8-19-9-10-21-11-14(13)19/h4-5,13-14H,1-3,6-11H2,(H,18,20). The van der Waals surface area contributed by atoms with Gasteiger partial charge in [0.25, 0.3) is 0 Å². The first-order valence-corrected chi connectivity index (χ1v) is 9.27. The summed E-state index contributed by atoms with van der Waals surface area (Å²) in [7, 11) is 0. The highest BCUT2D eigenvalue weighted by molar-refractivity contribution is 7.16. The normalized spacial score (nSPS) is 25.1. The van der Waals surface area contributed by atoms with Crippen molar-refractivity contribution in [2.75, 3.05) is 32.8 Å². The predicted octanol–water partition coefficient (Wildman–Crippen LogP) is 2.56. The van der Waals surface area contributed by atoms with Gasteiger partial charge in [0.2, 0.25) is 5.91 Å². The first kappa shape index (κ1) is 16.2. The van der Waals surface area contributed by atoms with Crippen molar-refractivity contribution in [2.24, 2.45) is 5.92 Å². The summed E-state index contributed by atoms with van der Waals surface area (Å²) >= 11 is 7.56. The number of carbonyl (C=O) groups is 1. The van der Waals surface area contributed by atoms with Gasteiger partial charge in [-0.2, -0.15) is 0 Å². The van der Waals surface area contributed by atoms with Crippen LogP contribution in [-0.2, 0) is 16.0 Å². The third-order valence-electron chi connectivity index (χ3n) is 4.59. The lowest BCUT2D eigenvalue weighted by Crippen LogP contribution is -2.47. The van der Waals surface area contributed by atoms with Gasteiger partial charge in [-0.15, -0.1) is 11.3 Å². The van der Waals surface area contributed by atoms with Crippen molar-refractivity contribution in [1.82, 2.24) is 10.2 Å². The zero-order valence-corrected chi connectivity index (χ0v) is 14.3. The van der Waals surface area contributed by atoms with E-state index >= 15 is 0 Å². The van der Waals surface area contributed by atoms with E-state index in [1.54, 1.807) is 11.3 Å². The number of unbranched alkanes of at least 4 members (excludes halogenated alkanes) is 1. The molecule has 0 spiro atoms. The van der Waals surface area contributed by atoms with Crippen LogP contribution in [0.1, 0.15) is 24.1 Å². The molecule has 2 aliphatic heterocycles. The van der Waals surface area contributed by atoms with Crippen molar-refractivity contribution in [3.05, 3.63) is 21.3 Å². The molecular weight excluding hydrogens is 320 g/mol. The van der Waals surface area contributed by atoms with Gasteiger partial charge >= 0.3 is 0 Å². The molecule has 0 radical (unpaired) electrons. The fourth-order valence-corrected chi connectivity index (χ4v) is 4.49. The molecule has 3 rings (SSSR count). The molecule has 1 N–H and O–H groups in total. The topological polar surface area (TPSA) is 41.6 Å². The second-order valence-corrected chi connectivity index (χ2v) is 7.83. The van der Waals surface area contributed by atoms with Gasteiger partial charge in [-0.3, -0.25) is 9.69 Å². The van der Waals surface area contributed by atoms with Crippen LogP contribution >= 0.6 is 22.9 Å². The maximum absolute atomic E-state index is 12.3. The maximum atomic E-state index is 12.3. The van der Waals surface area contributed by atoms with Crippen LogP contribution in [0.4, 0.5) is 0 Å². The van der Waals surface area contributed by atoms with Crippen LogP contribution < -0.4 is 5.32 Å². The van der Waals surface area contributed by atoms with Gasteiger partial charge in [0.15, 0.2) is 0 Å². The minimum atomic E-state index is 0.108. The summed E-state index contributed by atoms with van der Waals surface area (Å²) in [5.74, 6) is 0.313. The highest BCUT2D eigenvalue weighted by Gasteiger charge is 2.39. The van der Waals surface area contributed by atoms with Crippen molar-refractivity contribution in [2.45, 2.75) is 31.7 Å². The Labute approximate surface area is 140 Å². The number of thiophene rings is 1. The number of carbonyl (C=O) groups excluding carboxylic acids is 1. The predicted molar refractivity (Wildman–Crippen MR) is 89.6 cm³/mol. The molecule has 0 bridgehead atoms. The van der Waals surface area contributed by atoms with Crippen LogP contribution in [0.3, 0.4) is 0 Å². The second kappa shape index (κ2) is 7.77. The lowest BCUT2D eigenvalue weighted by atomic mass is 9.99. The average molecular weight is 343 g/mol. The van der Waals surface area contributed by atoms with Crippen molar-refractivity contribution < 1.29 is 9.53 Å². The maximum Gasteiger partial charge on any atom is 0.224 e. The molecule has 2 atom stereocenters. The van der Waals surface area contributed by atoms with E-state index in [4.69, 9.17) is 16.3 Å². The summed E-state index contributed by atoms with van der Waals surface area (Å²) in [5, 5.41) is 3.11. The minimum absolute atomic E-state index is 0.108. The van der Waals surface area contributed by atoms with E-state index in [1.807, 2.05) is 6.07 Å². The highest BCUT2D eigenvalue weighted by Crippen LogP contribution is 2.27. The first-order valence-electron chi connectivity index (χ1n) is 8.08.